The number of carbonyl (C=O) groups excluding carboxylic acids is 1. The second kappa shape index (κ2) is 8.60. The largest absolute Gasteiger partial charge is 0.417 e. The van der Waals surface area contributed by atoms with Crippen molar-refractivity contribution in [3.8, 4) is 0 Å². The van der Waals surface area contributed by atoms with E-state index in [4.69, 9.17) is 0 Å². The van der Waals surface area contributed by atoms with Gasteiger partial charge in [0, 0.05) is 38.1 Å². The molecule has 0 aliphatic carbocycles. The van der Waals surface area contributed by atoms with Crippen molar-refractivity contribution in [1.29, 1.82) is 0 Å². The summed E-state index contributed by atoms with van der Waals surface area (Å²) in [5, 5.41) is 2.91. The first-order valence-corrected chi connectivity index (χ1v) is 9.24. The SMILES string of the molecule is CCc1cccc(NC(=O)CN2CCN(c3ccc(C(F)(F)F)cn3)CC2)c1. The molecule has 1 aromatic carbocycles. The summed E-state index contributed by atoms with van der Waals surface area (Å²) in [6.07, 6.45) is -2.61. The summed E-state index contributed by atoms with van der Waals surface area (Å²) in [6, 6.07) is 10.2. The quantitative estimate of drug-likeness (QED) is 0.847. The first-order chi connectivity index (χ1) is 13.3. The fourth-order valence-corrected chi connectivity index (χ4v) is 3.15. The average molecular weight is 392 g/mol. The Morgan fingerprint density at radius 2 is 1.89 bits per heavy atom. The number of piperazine rings is 1. The van der Waals surface area contributed by atoms with Gasteiger partial charge in [-0.05, 0) is 36.2 Å². The number of amides is 1. The predicted molar refractivity (Wildman–Crippen MR) is 102 cm³/mol. The zero-order valence-corrected chi connectivity index (χ0v) is 15.7. The Labute approximate surface area is 162 Å². The van der Waals surface area contributed by atoms with Crippen molar-refractivity contribution >= 4 is 17.4 Å². The highest BCUT2D eigenvalue weighted by Crippen LogP contribution is 2.29. The Morgan fingerprint density at radius 1 is 1.14 bits per heavy atom. The third-order valence-corrected chi connectivity index (χ3v) is 4.76. The summed E-state index contributed by atoms with van der Waals surface area (Å²) >= 11 is 0. The van der Waals surface area contributed by atoms with Gasteiger partial charge >= 0.3 is 6.18 Å². The van der Waals surface area contributed by atoms with Crippen molar-refractivity contribution in [3.63, 3.8) is 0 Å². The number of pyridine rings is 1. The van der Waals surface area contributed by atoms with E-state index in [0.29, 0.717) is 32.0 Å². The molecule has 1 saturated heterocycles. The number of carbonyl (C=O) groups is 1. The van der Waals surface area contributed by atoms with E-state index < -0.39 is 11.7 Å². The van der Waals surface area contributed by atoms with Gasteiger partial charge < -0.3 is 10.2 Å². The van der Waals surface area contributed by atoms with E-state index in [2.05, 4.69) is 17.2 Å². The molecule has 0 spiro atoms. The Hall–Kier alpha value is -2.61. The molecule has 150 valence electrons. The molecule has 0 atom stereocenters. The van der Waals surface area contributed by atoms with Crippen molar-refractivity contribution < 1.29 is 18.0 Å². The van der Waals surface area contributed by atoms with Crippen LogP contribution in [0.1, 0.15) is 18.1 Å². The monoisotopic (exact) mass is 392 g/mol. The van der Waals surface area contributed by atoms with Crippen LogP contribution in [0.4, 0.5) is 24.7 Å². The molecule has 0 bridgehead atoms. The average Bonchev–Trinajstić information content (AvgIpc) is 2.68. The van der Waals surface area contributed by atoms with Crippen molar-refractivity contribution in [1.82, 2.24) is 9.88 Å². The number of halogens is 3. The molecule has 3 rings (SSSR count). The summed E-state index contributed by atoms with van der Waals surface area (Å²) in [5.41, 5.74) is 1.20. The minimum Gasteiger partial charge on any atom is -0.354 e. The van der Waals surface area contributed by atoms with Crippen molar-refractivity contribution in [2.45, 2.75) is 19.5 Å². The molecule has 28 heavy (non-hydrogen) atoms. The Morgan fingerprint density at radius 3 is 2.50 bits per heavy atom. The Kier molecular flexibility index (Phi) is 6.18. The van der Waals surface area contributed by atoms with Gasteiger partial charge in [-0.1, -0.05) is 19.1 Å². The van der Waals surface area contributed by atoms with Gasteiger partial charge in [0.1, 0.15) is 5.82 Å². The molecule has 1 amide bonds. The zero-order chi connectivity index (χ0) is 20.1. The number of aryl methyl sites for hydroxylation is 1. The minimum absolute atomic E-state index is 0.0747. The molecule has 0 unspecified atom stereocenters. The van der Waals surface area contributed by atoms with Crippen LogP contribution < -0.4 is 10.2 Å². The van der Waals surface area contributed by atoms with Crippen molar-refractivity contribution in [2.75, 3.05) is 42.9 Å². The molecule has 1 fully saturated rings. The van der Waals surface area contributed by atoms with Gasteiger partial charge in [-0.25, -0.2) is 4.98 Å². The van der Waals surface area contributed by atoms with Crippen LogP contribution >= 0.6 is 0 Å². The third kappa shape index (κ3) is 5.22. The lowest BCUT2D eigenvalue weighted by atomic mass is 10.1. The van der Waals surface area contributed by atoms with E-state index in [1.54, 1.807) is 0 Å². The van der Waals surface area contributed by atoms with E-state index in [1.807, 2.05) is 34.1 Å². The number of alkyl halides is 3. The smallest absolute Gasteiger partial charge is 0.354 e. The fourth-order valence-electron chi connectivity index (χ4n) is 3.15. The Bertz CT molecular complexity index is 800. The number of rotatable bonds is 5. The topological polar surface area (TPSA) is 48.5 Å². The maximum absolute atomic E-state index is 12.6. The summed E-state index contributed by atoms with van der Waals surface area (Å²) < 4.78 is 37.9. The highest BCUT2D eigenvalue weighted by molar-refractivity contribution is 5.92. The van der Waals surface area contributed by atoms with Crippen molar-refractivity contribution in [2.24, 2.45) is 0 Å². The van der Waals surface area contributed by atoms with Crippen LogP contribution in [-0.2, 0) is 17.4 Å². The number of hydrogen-bond donors (Lipinski definition) is 1. The number of anilines is 2. The molecular formula is C20H23F3N4O. The molecular weight excluding hydrogens is 369 g/mol. The molecule has 0 radical (unpaired) electrons. The molecule has 1 aliphatic heterocycles. The van der Waals surface area contributed by atoms with Crippen LogP contribution in [0.5, 0.6) is 0 Å². The highest BCUT2D eigenvalue weighted by Gasteiger charge is 2.31. The van der Waals surface area contributed by atoms with Crippen LogP contribution in [0.25, 0.3) is 0 Å². The molecule has 1 aromatic heterocycles. The fraction of sp³-hybridized carbons (Fsp3) is 0.400. The van der Waals surface area contributed by atoms with E-state index in [9.17, 15) is 18.0 Å². The number of nitrogens with zero attached hydrogens (tertiary/aromatic N) is 3. The summed E-state index contributed by atoms with van der Waals surface area (Å²) in [4.78, 5) is 20.2. The van der Waals surface area contributed by atoms with Crippen LogP contribution in [0, 0.1) is 0 Å². The molecule has 1 aliphatic rings. The second-order valence-corrected chi connectivity index (χ2v) is 6.77. The first kappa shape index (κ1) is 20.1. The molecule has 0 saturated carbocycles. The van der Waals surface area contributed by atoms with Crippen LogP contribution in [0.15, 0.2) is 42.6 Å². The van der Waals surface area contributed by atoms with E-state index in [1.165, 1.54) is 6.07 Å². The lowest BCUT2D eigenvalue weighted by molar-refractivity contribution is -0.137. The Balaban J connectivity index is 1.49. The highest BCUT2D eigenvalue weighted by atomic mass is 19.4. The molecule has 1 N–H and O–H groups in total. The van der Waals surface area contributed by atoms with Gasteiger partial charge in [-0.3, -0.25) is 9.69 Å². The lowest BCUT2D eigenvalue weighted by Gasteiger charge is -2.35. The molecule has 2 heterocycles. The summed E-state index contributed by atoms with van der Waals surface area (Å²) in [5.74, 6) is 0.447. The van der Waals surface area contributed by atoms with Crippen LogP contribution in [-0.4, -0.2) is 48.5 Å². The molecule has 2 aromatic rings. The van der Waals surface area contributed by atoms with Crippen molar-refractivity contribution in [3.05, 3.63) is 53.7 Å². The minimum atomic E-state index is -4.38. The number of hydrogen-bond acceptors (Lipinski definition) is 4. The van der Waals surface area contributed by atoms with Gasteiger partial charge in [0.25, 0.3) is 0 Å². The summed E-state index contributed by atoms with van der Waals surface area (Å²) in [7, 11) is 0. The summed E-state index contributed by atoms with van der Waals surface area (Å²) in [6.45, 7) is 4.85. The standard InChI is InChI=1S/C20H23F3N4O/c1-2-15-4-3-5-17(12-15)25-19(28)14-26-8-10-27(11-9-26)18-7-6-16(13-24-18)20(21,22)23/h3-7,12-13H,2,8-11,14H2,1H3,(H,25,28). The lowest BCUT2D eigenvalue weighted by Crippen LogP contribution is -2.48. The van der Waals surface area contributed by atoms with E-state index in [0.717, 1.165) is 29.9 Å². The van der Waals surface area contributed by atoms with Crippen LogP contribution in [0.2, 0.25) is 0 Å². The third-order valence-electron chi connectivity index (χ3n) is 4.76. The predicted octanol–water partition coefficient (Wildman–Crippen LogP) is 3.42. The number of nitrogens with one attached hydrogen (secondary N) is 1. The first-order valence-electron chi connectivity index (χ1n) is 9.24. The number of aromatic nitrogens is 1. The maximum atomic E-state index is 12.6. The molecule has 8 heteroatoms. The second-order valence-electron chi connectivity index (χ2n) is 6.77. The zero-order valence-electron chi connectivity index (χ0n) is 15.7. The van der Waals surface area contributed by atoms with Gasteiger partial charge in [-0.2, -0.15) is 13.2 Å². The van der Waals surface area contributed by atoms with Gasteiger partial charge in [-0.15, -0.1) is 0 Å². The number of benzene rings is 1. The maximum Gasteiger partial charge on any atom is 0.417 e. The molecule has 5 nitrogen and oxygen atoms in total. The van der Waals surface area contributed by atoms with Gasteiger partial charge in [0.2, 0.25) is 5.91 Å². The van der Waals surface area contributed by atoms with Gasteiger partial charge in [0.15, 0.2) is 0 Å². The normalized spacial score (nSPS) is 15.5. The van der Waals surface area contributed by atoms with E-state index >= 15 is 0 Å². The van der Waals surface area contributed by atoms with Crippen LogP contribution in [0.3, 0.4) is 0 Å². The van der Waals surface area contributed by atoms with Gasteiger partial charge in [0.05, 0.1) is 12.1 Å². The van der Waals surface area contributed by atoms with E-state index in [-0.39, 0.29) is 12.5 Å².